The van der Waals surface area contributed by atoms with E-state index in [1.807, 2.05) is 11.3 Å². The number of fused-ring (bicyclic) bond motifs is 1. The van der Waals surface area contributed by atoms with Crippen molar-refractivity contribution in [3.8, 4) is 0 Å². The summed E-state index contributed by atoms with van der Waals surface area (Å²) in [7, 11) is 0. The maximum absolute atomic E-state index is 12.7. The first-order chi connectivity index (χ1) is 14.1. The van der Waals surface area contributed by atoms with Crippen molar-refractivity contribution in [1.29, 1.82) is 0 Å². The SMILES string of the molecule is O=C(CN1CCc2sccc2[C@@H]1C1CC1)NC(=O)NC12CC3CC(CC(C3)C1)C2. The molecule has 4 bridgehead atoms. The second kappa shape index (κ2) is 6.81. The zero-order valence-corrected chi connectivity index (χ0v) is 17.8. The van der Waals surface area contributed by atoms with Gasteiger partial charge in [-0.3, -0.25) is 15.0 Å². The molecule has 6 aliphatic rings. The highest BCUT2D eigenvalue weighted by Crippen LogP contribution is 2.55. The molecule has 1 aromatic rings. The molecule has 3 amide bonds. The van der Waals surface area contributed by atoms with Gasteiger partial charge in [0.15, 0.2) is 0 Å². The molecule has 5 fully saturated rings. The van der Waals surface area contributed by atoms with E-state index in [4.69, 9.17) is 0 Å². The van der Waals surface area contributed by atoms with Crippen molar-refractivity contribution in [2.45, 2.75) is 69.4 Å². The van der Waals surface area contributed by atoms with Gasteiger partial charge in [-0.2, -0.15) is 0 Å². The Morgan fingerprint density at radius 2 is 1.79 bits per heavy atom. The van der Waals surface area contributed by atoms with E-state index in [1.54, 1.807) is 0 Å². The quantitative estimate of drug-likeness (QED) is 0.788. The molecule has 1 atom stereocenters. The minimum absolute atomic E-state index is 0.0492. The highest BCUT2D eigenvalue weighted by Gasteiger charge is 2.51. The number of imide groups is 1. The number of rotatable bonds is 4. The average molecular weight is 414 g/mol. The molecular formula is C23H31N3O2S. The van der Waals surface area contributed by atoms with Crippen LogP contribution >= 0.6 is 11.3 Å². The van der Waals surface area contributed by atoms with Crippen LogP contribution in [0.3, 0.4) is 0 Å². The van der Waals surface area contributed by atoms with E-state index in [0.717, 1.165) is 50.0 Å². The molecule has 5 saturated carbocycles. The van der Waals surface area contributed by atoms with Gasteiger partial charge in [0.2, 0.25) is 5.91 Å². The fourth-order valence-corrected chi connectivity index (χ4v) is 8.34. The Morgan fingerprint density at radius 1 is 1.10 bits per heavy atom. The maximum atomic E-state index is 12.7. The third-order valence-corrected chi connectivity index (χ3v) is 9.20. The van der Waals surface area contributed by atoms with Crippen LogP contribution in [0.25, 0.3) is 0 Å². The minimum Gasteiger partial charge on any atom is -0.332 e. The van der Waals surface area contributed by atoms with Crippen LogP contribution in [0.4, 0.5) is 4.79 Å². The molecule has 6 heteroatoms. The molecule has 0 radical (unpaired) electrons. The van der Waals surface area contributed by atoms with Crippen LogP contribution in [-0.4, -0.2) is 35.5 Å². The lowest BCUT2D eigenvalue weighted by atomic mass is 9.53. The lowest BCUT2D eigenvalue weighted by Gasteiger charge is -2.56. The predicted molar refractivity (Wildman–Crippen MR) is 113 cm³/mol. The highest BCUT2D eigenvalue weighted by molar-refractivity contribution is 7.10. The summed E-state index contributed by atoms with van der Waals surface area (Å²) in [6.45, 7) is 1.24. The molecule has 0 aromatic carbocycles. The Kier molecular flexibility index (Phi) is 4.31. The molecule has 5 aliphatic carbocycles. The first kappa shape index (κ1) is 18.4. The van der Waals surface area contributed by atoms with Crippen molar-refractivity contribution in [3.63, 3.8) is 0 Å². The summed E-state index contributed by atoms with van der Waals surface area (Å²) < 4.78 is 0. The molecule has 1 aromatic heterocycles. The molecule has 7 rings (SSSR count). The molecule has 5 nitrogen and oxygen atoms in total. The van der Waals surface area contributed by atoms with Gasteiger partial charge in [0.05, 0.1) is 6.54 Å². The van der Waals surface area contributed by atoms with Gasteiger partial charge in [0, 0.05) is 23.0 Å². The number of nitrogens with one attached hydrogen (secondary N) is 2. The fourth-order valence-electron chi connectivity index (χ4n) is 7.43. The van der Waals surface area contributed by atoms with Crippen LogP contribution in [0.5, 0.6) is 0 Å². The number of hydrogen-bond donors (Lipinski definition) is 2. The van der Waals surface area contributed by atoms with E-state index in [0.29, 0.717) is 18.5 Å². The second-order valence-electron chi connectivity index (χ2n) is 10.5. The van der Waals surface area contributed by atoms with Gasteiger partial charge in [0.25, 0.3) is 0 Å². The van der Waals surface area contributed by atoms with E-state index >= 15 is 0 Å². The molecule has 2 heterocycles. The summed E-state index contributed by atoms with van der Waals surface area (Å²) in [5, 5.41) is 8.12. The Morgan fingerprint density at radius 3 is 2.45 bits per heavy atom. The van der Waals surface area contributed by atoms with Gasteiger partial charge >= 0.3 is 6.03 Å². The molecule has 2 N–H and O–H groups in total. The molecule has 0 spiro atoms. The minimum atomic E-state index is -0.270. The number of amides is 3. The number of carbonyl (C=O) groups excluding carboxylic acids is 2. The molecule has 1 aliphatic heterocycles. The van der Waals surface area contributed by atoms with E-state index in [-0.39, 0.29) is 17.5 Å². The maximum Gasteiger partial charge on any atom is 0.321 e. The Balaban J connectivity index is 1.08. The van der Waals surface area contributed by atoms with Crippen LogP contribution < -0.4 is 10.6 Å². The van der Waals surface area contributed by atoms with Gasteiger partial charge in [0.1, 0.15) is 0 Å². The van der Waals surface area contributed by atoms with E-state index in [9.17, 15) is 9.59 Å². The second-order valence-corrected chi connectivity index (χ2v) is 11.5. The van der Waals surface area contributed by atoms with Crippen molar-refractivity contribution < 1.29 is 9.59 Å². The molecule has 0 unspecified atom stereocenters. The summed E-state index contributed by atoms with van der Waals surface area (Å²) in [5.74, 6) is 2.87. The Hall–Kier alpha value is -1.40. The standard InChI is InChI=1S/C23H31N3O2S/c27-20(13-26-5-3-19-18(4-6-29-19)21(26)17-1-2-17)24-22(28)25-23-10-14-7-15(11-23)9-16(8-14)12-23/h4,6,14-17,21H,1-3,5,7-13H2,(H2,24,25,27,28)/t14?,15?,16?,21-,23?/m0/s1. The average Bonchev–Trinajstić information content (AvgIpc) is 3.35. The third kappa shape index (κ3) is 3.42. The zero-order valence-electron chi connectivity index (χ0n) is 17.0. The zero-order chi connectivity index (χ0) is 19.6. The Bertz CT molecular complexity index is 795. The first-order valence-electron chi connectivity index (χ1n) is 11.5. The summed E-state index contributed by atoms with van der Waals surface area (Å²) in [4.78, 5) is 29.2. The third-order valence-electron chi connectivity index (χ3n) is 8.20. The molecule has 156 valence electrons. The highest BCUT2D eigenvalue weighted by atomic mass is 32.1. The number of urea groups is 1. The van der Waals surface area contributed by atoms with Crippen LogP contribution in [0.2, 0.25) is 0 Å². The fraction of sp³-hybridized carbons (Fsp3) is 0.739. The van der Waals surface area contributed by atoms with E-state index in [2.05, 4.69) is 27.0 Å². The smallest absolute Gasteiger partial charge is 0.321 e. The molecular weight excluding hydrogens is 382 g/mol. The molecule has 29 heavy (non-hydrogen) atoms. The van der Waals surface area contributed by atoms with Gasteiger partial charge in [-0.1, -0.05) is 0 Å². The summed E-state index contributed by atoms with van der Waals surface area (Å²) in [6.07, 6.45) is 10.9. The predicted octanol–water partition coefficient (Wildman–Crippen LogP) is 3.85. The van der Waals surface area contributed by atoms with Crippen LogP contribution in [-0.2, 0) is 11.2 Å². The van der Waals surface area contributed by atoms with Crippen LogP contribution in [0, 0.1) is 23.7 Å². The number of carbonyl (C=O) groups is 2. The first-order valence-corrected chi connectivity index (χ1v) is 12.4. The van der Waals surface area contributed by atoms with Gasteiger partial charge in [-0.15, -0.1) is 11.3 Å². The topological polar surface area (TPSA) is 61.4 Å². The normalized spacial score (nSPS) is 37.9. The van der Waals surface area contributed by atoms with Crippen LogP contribution in [0.15, 0.2) is 11.4 Å². The largest absolute Gasteiger partial charge is 0.332 e. The van der Waals surface area contributed by atoms with Gasteiger partial charge < -0.3 is 5.32 Å². The van der Waals surface area contributed by atoms with Crippen molar-refractivity contribution >= 4 is 23.3 Å². The molecule has 0 saturated heterocycles. The Labute approximate surface area is 176 Å². The summed E-state index contributed by atoms with van der Waals surface area (Å²) in [5.41, 5.74) is 1.38. The number of thiophene rings is 1. The summed E-state index contributed by atoms with van der Waals surface area (Å²) >= 11 is 1.85. The lowest BCUT2D eigenvalue weighted by Crippen LogP contribution is -2.62. The van der Waals surface area contributed by atoms with Crippen molar-refractivity contribution in [1.82, 2.24) is 15.5 Å². The lowest BCUT2D eigenvalue weighted by molar-refractivity contribution is -0.122. The van der Waals surface area contributed by atoms with E-state index < -0.39 is 0 Å². The van der Waals surface area contributed by atoms with Crippen molar-refractivity contribution in [2.75, 3.05) is 13.1 Å². The van der Waals surface area contributed by atoms with Gasteiger partial charge in [-0.05, 0) is 98.5 Å². The number of hydrogen-bond acceptors (Lipinski definition) is 4. The van der Waals surface area contributed by atoms with E-state index in [1.165, 1.54) is 42.5 Å². The number of nitrogens with zero attached hydrogens (tertiary/aromatic N) is 1. The summed E-state index contributed by atoms with van der Waals surface area (Å²) in [6, 6.07) is 2.34. The monoisotopic (exact) mass is 413 g/mol. The van der Waals surface area contributed by atoms with Crippen LogP contribution in [0.1, 0.15) is 67.8 Å². The van der Waals surface area contributed by atoms with Gasteiger partial charge in [-0.25, -0.2) is 4.79 Å². The van der Waals surface area contributed by atoms with Crippen molar-refractivity contribution in [3.05, 3.63) is 21.9 Å². The van der Waals surface area contributed by atoms with Crippen molar-refractivity contribution in [2.24, 2.45) is 23.7 Å².